The highest BCUT2D eigenvalue weighted by atomic mass is 19.2. The van der Waals surface area contributed by atoms with E-state index in [1.165, 1.54) is 0 Å². The van der Waals surface area contributed by atoms with Crippen molar-refractivity contribution in [2.45, 2.75) is 12.8 Å². The van der Waals surface area contributed by atoms with Crippen LogP contribution in [0.5, 0.6) is 0 Å². The summed E-state index contributed by atoms with van der Waals surface area (Å²) in [5, 5.41) is 4.79. The molecule has 1 saturated carbocycles. The second kappa shape index (κ2) is 5.99. The highest BCUT2D eigenvalue weighted by molar-refractivity contribution is 6.16. The third-order valence-electron chi connectivity index (χ3n) is 3.93. The Balaban J connectivity index is 1.75. The van der Waals surface area contributed by atoms with Gasteiger partial charge in [-0.2, -0.15) is 0 Å². The number of anilines is 2. The van der Waals surface area contributed by atoms with E-state index in [0.29, 0.717) is 24.6 Å². The van der Waals surface area contributed by atoms with E-state index in [1.807, 2.05) is 0 Å². The molecule has 0 aromatic heterocycles. The quantitative estimate of drug-likeness (QED) is 0.664. The van der Waals surface area contributed by atoms with Crippen molar-refractivity contribution < 1.29 is 22.8 Å². The minimum absolute atomic E-state index is 0.294. The molecule has 4 nitrogen and oxygen atoms in total. The van der Waals surface area contributed by atoms with Crippen LogP contribution in [0.4, 0.5) is 24.5 Å². The summed E-state index contributed by atoms with van der Waals surface area (Å²) in [5.41, 5.74) is -1.30. The molecule has 1 aliphatic carbocycles. The van der Waals surface area contributed by atoms with E-state index in [1.54, 1.807) is 30.3 Å². The second-order valence-corrected chi connectivity index (χ2v) is 5.58. The molecule has 0 spiro atoms. The maximum absolute atomic E-state index is 13.6. The van der Waals surface area contributed by atoms with Gasteiger partial charge in [0.25, 0.3) is 0 Å². The number of benzene rings is 2. The number of carbonyl (C=O) groups excluding carboxylic acids is 2. The first-order valence-electron chi connectivity index (χ1n) is 7.25. The third-order valence-corrected chi connectivity index (χ3v) is 3.93. The lowest BCUT2D eigenvalue weighted by atomic mass is 10.0. The summed E-state index contributed by atoms with van der Waals surface area (Å²) in [6.45, 7) is 0. The molecule has 2 aromatic rings. The maximum atomic E-state index is 13.6. The molecular formula is C17H13F3N2O2. The second-order valence-electron chi connectivity index (χ2n) is 5.58. The zero-order chi connectivity index (χ0) is 17.3. The van der Waals surface area contributed by atoms with E-state index in [-0.39, 0.29) is 0 Å². The van der Waals surface area contributed by atoms with Gasteiger partial charge >= 0.3 is 0 Å². The normalized spacial score (nSPS) is 14.8. The Kier molecular flexibility index (Phi) is 4.01. The van der Waals surface area contributed by atoms with Crippen molar-refractivity contribution in [3.8, 4) is 0 Å². The Hall–Kier alpha value is -2.83. The highest BCUT2D eigenvalue weighted by Gasteiger charge is 2.56. The van der Waals surface area contributed by atoms with E-state index < -0.39 is 40.4 Å². The zero-order valence-corrected chi connectivity index (χ0v) is 12.4. The van der Waals surface area contributed by atoms with Gasteiger partial charge in [0.05, 0.1) is 5.69 Å². The highest BCUT2D eigenvalue weighted by Crippen LogP contribution is 2.47. The molecule has 3 rings (SSSR count). The van der Waals surface area contributed by atoms with Gasteiger partial charge in [0, 0.05) is 5.69 Å². The summed E-state index contributed by atoms with van der Waals surface area (Å²) in [6, 6.07) is 10.2. The topological polar surface area (TPSA) is 58.2 Å². The number of rotatable bonds is 4. The van der Waals surface area contributed by atoms with Crippen LogP contribution in [0, 0.1) is 22.9 Å². The van der Waals surface area contributed by atoms with Crippen molar-refractivity contribution in [1.29, 1.82) is 0 Å². The Morgan fingerprint density at radius 2 is 1.46 bits per heavy atom. The van der Waals surface area contributed by atoms with E-state index >= 15 is 0 Å². The fourth-order valence-electron chi connectivity index (χ4n) is 2.32. The Labute approximate surface area is 135 Å². The lowest BCUT2D eigenvalue weighted by Crippen LogP contribution is -2.35. The van der Waals surface area contributed by atoms with Crippen molar-refractivity contribution in [2.24, 2.45) is 5.41 Å². The van der Waals surface area contributed by atoms with Crippen LogP contribution in [0.15, 0.2) is 42.5 Å². The number of nitrogens with one attached hydrogen (secondary N) is 2. The SMILES string of the molecule is O=C(Nc1ccccc1)C1(C(=O)Nc2ccc(F)c(F)c2F)CC1. The fourth-order valence-corrected chi connectivity index (χ4v) is 2.32. The van der Waals surface area contributed by atoms with E-state index in [2.05, 4.69) is 10.6 Å². The molecule has 7 heteroatoms. The van der Waals surface area contributed by atoms with Gasteiger partial charge in [-0.25, -0.2) is 13.2 Å². The van der Waals surface area contributed by atoms with Gasteiger partial charge in [0.15, 0.2) is 17.5 Å². The van der Waals surface area contributed by atoms with Crippen LogP contribution in [-0.2, 0) is 9.59 Å². The van der Waals surface area contributed by atoms with Crippen LogP contribution >= 0.6 is 0 Å². The molecule has 0 unspecified atom stereocenters. The van der Waals surface area contributed by atoms with Crippen LogP contribution in [0.2, 0.25) is 0 Å². The molecule has 0 radical (unpaired) electrons. The molecule has 1 fully saturated rings. The molecule has 2 aromatic carbocycles. The third kappa shape index (κ3) is 2.84. The van der Waals surface area contributed by atoms with Crippen LogP contribution in [0.25, 0.3) is 0 Å². The van der Waals surface area contributed by atoms with Crippen molar-refractivity contribution in [2.75, 3.05) is 10.6 Å². The Morgan fingerprint density at radius 3 is 2.08 bits per heavy atom. The molecule has 2 N–H and O–H groups in total. The van der Waals surface area contributed by atoms with Gasteiger partial charge in [-0.15, -0.1) is 0 Å². The molecule has 24 heavy (non-hydrogen) atoms. The van der Waals surface area contributed by atoms with Crippen molar-refractivity contribution in [3.05, 3.63) is 59.9 Å². The molecule has 124 valence electrons. The average Bonchev–Trinajstić information content (AvgIpc) is 3.38. The number of amides is 2. The molecule has 2 amide bonds. The minimum atomic E-state index is -1.67. The molecule has 0 aliphatic heterocycles. The van der Waals surface area contributed by atoms with Crippen LogP contribution in [0.3, 0.4) is 0 Å². The first-order valence-corrected chi connectivity index (χ1v) is 7.25. The van der Waals surface area contributed by atoms with E-state index in [0.717, 1.165) is 6.07 Å². The number of para-hydroxylation sites is 1. The first kappa shape index (κ1) is 16.0. The Morgan fingerprint density at radius 1 is 0.833 bits per heavy atom. The van der Waals surface area contributed by atoms with E-state index in [4.69, 9.17) is 0 Å². The summed E-state index contributed by atoms with van der Waals surface area (Å²) >= 11 is 0. The molecule has 1 aliphatic rings. The molecule has 0 atom stereocenters. The van der Waals surface area contributed by atoms with Gasteiger partial charge in [-0.05, 0) is 37.1 Å². The van der Waals surface area contributed by atoms with Crippen molar-refractivity contribution in [1.82, 2.24) is 0 Å². The molecule has 0 heterocycles. The summed E-state index contributed by atoms with van der Waals surface area (Å²) in [5.74, 6) is -5.79. The van der Waals surface area contributed by atoms with Crippen LogP contribution in [-0.4, -0.2) is 11.8 Å². The predicted molar refractivity (Wildman–Crippen MR) is 81.7 cm³/mol. The lowest BCUT2D eigenvalue weighted by molar-refractivity contribution is -0.131. The molecule has 0 saturated heterocycles. The maximum Gasteiger partial charge on any atom is 0.240 e. The van der Waals surface area contributed by atoms with Crippen LogP contribution in [0.1, 0.15) is 12.8 Å². The predicted octanol–water partition coefficient (Wildman–Crippen LogP) is 3.46. The number of carbonyl (C=O) groups is 2. The van der Waals surface area contributed by atoms with Gasteiger partial charge in [0.2, 0.25) is 11.8 Å². The Bertz CT molecular complexity index is 805. The number of halogens is 3. The van der Waals surface area contributed by atoms with Crippen molar-refractivity contribution in [3.63, 3.8) is 0 Å². The minimum Gasteiger partial charge on any atom is -0.325 e. The van der Waals surface area contributed by atoms with Gasteiger partial charge in [0.1, 0.15) is 5.41 Å². The molecular weight excluding hydrogens is 321 g/mol. The van der Waals surface area contributed by atoms with Crippen molar-refractivity contribution >= 4 is 23.2 Å². The average molecular weight is 334 g/mol. The summed E-state index contributed by atoms with van der Waals surface area (Å²) in [4.78, 5) is 24.7. The monoisotopic (exact) mass is 334 g/mol. The van der Waals surface area contributed by atoms with Crippen LogP contribution < -0.4 is 10.6 Å². The summed E-state index contributed by atoms with van der Waals surface area (Å²) in [7, 11) is 0. The summed E-state index contributed by atoms with van der Waals surface area (Å²) < 4.78 is 39.8. The zero-order valence-electron chi connectivity index (χ0n) is 12.4. The standard InChI is InChI=1S/C17H13F3N2O2/c18-11-6-7-12(14(20)13(11)19)22-16(24)17(8-9-17)15(23)21-10-4-2-1-3-5-10/h1-7H,8-9H2,(H,21,23)(H,22,24). The lowest BCUT2D eigenvalue weighted by Gasteiger charge is -2.16. The van der Waals surface area contributed by atoms with E-state index in [9.17, 15) is 22.8 Å². The van der Waals surface area contributed by atoms with Gasteiger partial charge in [-0.1, -0.05) is 18.2 Å². The number of hydrogen-bond acceptors (Lipinski definition) is 2. The largest absolute Gasteiger partial charge is 0.325 e. The fraction of sp³-hybridized carbons (Fsp3) is 0.176. The summed E-state index contributed by atoms with van der Waals surface area (Å²) in [6.07, 6.45) is 0.589. The smallest absolute Gasteiger partial charge is 0.240 e. The van der Waals surface area contributed by atoms with Gasteiger partial charge < -0.3 is 10.6 Å². The number of hydrogen-bond donors (Lipinski definition) is 2. The first-order chi connectivity index (χ1) is 11.4. The van der Waals surface area contributed by atoms with Gasteiger partial charge in [-0.3, -0.25) is 9.59 Å². The molecule has 0 bridgehead atoms.